The summed E-state index contributed by atoms with van der Waals surface area (Å²) in [5.74, 6) is 2.79. The van der Waals surface area contributed by atoms with Gasteiger partial charge in [0.15, 0.2) is 23.0 Å². The van der Waals surface area contributed by atoms with Crippen LogP contribution in [0.2, 0.25) is 0 Å². The molecule has 0 amide bonds. The van der Waals surface area contributed by atoms with Crippen LogP contribution in [0.4, 0.5) is 11.4 Å². The summed E-state index contributed by atoms with van der Waals surface area (Å²) < 4.78 is 14.2. The SMILES string of the molecule is C=C(C)C(/C=C\C)=C(\C)N(c1cccc2c1Oc1ccc3c(c1O2)-c1ccccc1C31c2ccccc2-c2ccccc21)c1cccc2ccccc12. The minimum atomic E-state index is -0.460. The monoisotopic (exact) mass is 683 g/mol. The molecule has 0 bridgehead atoms. The summed E-state index contributed by atoms with van der Waals surface area (Å²) in [6, 6.07) is 52.1. The summed E-state index contributed by atoms with van der Waals surface area (Å²) in [7, 11) is 0. The fourth-order valence-corrected chi connectivity index (χ4v) is 9.15. The molecule has 0 radical (unpaired) electrons. The Balaban J connectivity index is 1.19. The third-order valence-electron chi connectivity index (χ3n) is 11.2. The van der Waals surface area contributed by atoms with Crippen LogP contribution >= 0.6 is 0 Å². The van der Waals surface area contributed by atoms with Crippen molar-refractivity contribution in [3.05, 3.63) is 203 Å². The molecule has 3 heteroatoms. The molecule has 0 aromatic heterocycles. The topological polar surface area (TPSA) is 21.7 Å². The number of anilines is 2. The Bertz CT molecular complexity index is 2700. The summed E-state index contributed by atoms with van der Waals surface area (Å²) >= 11 is 0. The molecule has 3 nitrogen and oxygen atoms in total. The Kier molecular flexibility index (Phi) is 6.90. The third kappa shape index (κ3) is 4.28. The van der Waals surface area contributed by atoms with Gasteiger partial charge in [0.05, 0.1) is 16.8 Å². The number of nitrogens with zero attached hydrogens (tertiary/aromatic N) is 1. The first kappa shape index (κ1) is 31.2. The lowest BCUT2D eigenvalue weighted by molar-refractivity contribution is 0.361. The van der Waals surface area contributed by atoms with Crippen LogP contribution in [-0.2, 0) is 5.41 Å². The van der Waals surface area contributed by atoms with Crippen LogP contribution in [0.15, 0.2) is 181 Å². The molecular weight excluding hydrogens is 647 g/mol. The van der Waals surface area contributed by atoms with Crippen molar-refractivity contribution in [1.29, 1.82) is 0 Å². The van der Waals surface area contributed by atoms with Crippen LogP contribution in [0.3, 0.4) is 0 Å². The van der Waals surface area contributed by atoms with Gasteiger partial charge in [0.1, 0.15) is 0 Å². The zero-order valence-corrected chi connectivity index (χ0v) is 30.0. The Morgan fingerprint density at radius 3 is 1.85 bits per heavy atom. The van der Waals surface area contributed by atoms with E-state index in [0.717, 1.165) is 50.3 Å². The summed E-state index contributed by atoms with van der Waals surface area (Å²) in [5, 5.41) is 2.30. The number of fused-ring (bicyclic) bond motifs is 14. The highest BCUT2D eigenvalue weighted by molar-refractivity contribution is 6.00. The lowest BCUT2D eigenvalue weighted by atomic mass is 9.70. The van der Waals surface area contributed by atoms with Gasteiger partial charge in [-0.3, -0.25) is 0 Å². The van der Waals surface area contributed by atoms with Gasteiger partial charge < -0.3 is 14.4 Å². The van der Waals surface area contributed by atoms with Crippen molar-refractivity contribution in [1.82, 2.24) is 0 Å². The van der Waals surface area contributed by atoms with E-state index in [1.807, 2.05) is 13.0 Å². The molecule has 1 aliphatic heterocycles. The van der Waals surface area contributed by atoms with Gasteiger partial charge in [0.25, 0.3) is 0 Å². The first-order valence-electron chi connectivity index (χ1n) is 18.2. The average molecular weight is 684 g/mol. The number of benzene rings is 7. The van der Waals surface area contributed by atoms with E-state index in [0.29, 0.717) is 17.2 Å². The fourth-order valence-electron chi connectivity index (χ4n) is 9.15. The van der Waals surface area contributed by atoms with E-state index >= 15 is 0 Å². The summed E-state index contributed by atoms with van der Waals surface area (Å²) in [6.45, 7) is 10.6. The van der Waals surface area contributed by atoms with E-state index in [-0.39, 0.29) is 0 Å². The van der Waals surface area contributed by atoms with Gasteiger partial charge in [0, 0.05) is 16.6 Å². The van der Waals surface area contributed by atoms with E-state index in [1.54, 1.807) is 0 Å². The van der Waals surface area contributed by atoms with E-state index in [4.69, 9.17) is 9.47 Å². The first-order valence-corrected chi connectivity index (χ1v) is 18.2. The van der Waals surface area contributed by atoms with E-state index in [9.17, 15) is 0 Å². The van der Waals surface area contributed by atoms with Crippen LogP contribution < -0.4 is 14.4 Å². The van der Waals surface area contributed by atoms with Crippen molar-refractivity contribution in [3.8, 4) is 45.3 Å². The van der Waals surface area contributed by atoms with E-state index < -0.39 is 5.41 Å². The molecule has 0 N–H and O–H groups in total. The predicted molar refractivity (Wildman–Crippen MR) is 218 cm³/mol. The maximum absolute atomic E-state index is 7.11. The first-order chi connectivity index (χ1) is 26.0. The van der Waals surface area contributed by atoms with Gasteiger partial charge in [-0.1, -0.05) is 140 Å². The molecule has 1 heterocycles. The fraction of sp³-hybridized carbons (Fsp3) is 0.0800. The highest BCUT2D eigenvalue weighted by Gasteiger charge is 2.53. The van der Waals surface area contributed by atoms with Crippen LogP contribution in [0.5, 0.6) is 23.0 Å². The maximum atomic E-state index is 7.11. The number of para-hydroxylation sites is 1. The second kappa shape index (κ2) is 11.7. The Morgan fingerprint density at radius 1 is 0.566 bits per heavy atom. The normalized spacial score (nSPS) is 14.3. The van der Waals surface area contributed by atoms with Gasteiger partial charge in [-0.15, -0.1) is 0 Å². The van der Waals surface area contributed by atoms with Gasteiger partial charge in [-0.25, -0.2) is 0 Å². The molecule has 1 spiro atoms. The number of rotatable bonds is 5. The second-order valence-electron chi connectivity index (χ2n) is 14.1. The molecule has 10 rings (SSSR count). The number of hydrogen-bond donors (Lipinski definition) is 0. The average Bonchev–Trinajstić information content (AvgIpc) is 3.67. The largest absolute Gasteiger partial charge is 0.449 e. The lowest BCUT2D eigenvalue weighted by Crippen LogP contribution is -2.25. The minimum Gasteiger partial charge on any atom is -0.449 e. The Hall–Kier alpha value is -6.58. The molecule has 2 aliphatic carbocycles. The molecule has 0 saturated heterocycles. The number of allylic oxidation sites excluding steroid dienone is 5. The maximum Gasteiger partial charge on any atom is 0.194 e. The Labute approximate surface area is 310 Å². The van der Waals surface area contributed by atoms with Crippen LogP contribution in [0, 0.1) is 0 Å². The zero-order valence-electron chi connectivity index (χ0n) is 30.0. The van der Waals surface area contributed by atoms with Crippen molar-refractivity contribution in [2.24, 2.45) is 0 Å². The lowest BCUT2D eigenvalue weighted by Gasteiger charge is -2.33. The number of hydrogen-bond acceptors (Lipinski definition) is 3. The Morgan fingerprint density at radius 2 is 1.13 bits per heavy atom. The van der Waals surface area contributed by atoms with Gasteiger partial charge in [-0.2, -0.15) is 0 Å². The molecule has 7 aromatic carbocycles. The van der Waals surface area contributed by atoms with Crippen LogP contribution in [0.1, 0.15) is 43.0 Å². The number of ether oxygens (including phenoxy) is 2. The van der Waals surface area contributed by atoms with Crippen molar-refractivity contribution < 1.29 is 9.47 Å². The highest BCUT2D eigenvalue weighted by atomic mass is 16.6. The van der Waals surface area contributed by atoms with Crippen molar-refractivity contribution >= 4 is 22.1 Å². The smallest absolute Gasteiger partial charge is 0.194 e. The summed E-state index contributed by atoms with van der Waals surface area (Å²) in [5.41, 5.74) is 14.5. The van der Waals surface area contributed by atoms with Gasteiger partial charge >= 0.3 is 0 Å². The van der Waals surface area contributed by atoms with E-state index in [2.05, 4.69) is 177 Å². The molecule has 7 aromatic rings. The second-order valence-corrected chi connectivity index (χ2v) is 14.1. The van der Waals surface area contributed by atoms with Crippen LogP contribution in [-0.4, -0.2) is 0 Å². The molecule has 3 aliphatic rings. The highest BCUT2D eigenvalue weighted by Crippen LogP contribution is 2.66. The molecule has 53 heavy (non-hydrogen) atoms. The van der Waals surface area contributed by atoms with Crippen molar-refractivity contribution in [3.63, 3.8) is 0 Å². The molecule has 0 saturated carbocycles. The third-order valence-corrected chi connectivity index (χ3v) is 11.2. The quantitative estimate of drug-likeness (QED) is 0.169. The molecule has 0 atom stereocenters. The molecule has 0 fully saturated rings. The summed E-state index contributed by atoms with van der Waals surface area (Å²) in [4.78, 5) is 2.30. The summed E-state index contributed by atoms with van der Waals surface area (Å²) in [6.07, 6.45) is 4.20. The van der Waals surface area contributed by atoms with E-state index in [1.165, 1.54) is 38.9 Å². The van der Waals surface area contributed by atoms with Gasteiger partial charge in [0.2, 0.25) is 0 Å². The van der Waals surface area contributed by atoms with Crippen molar-refractivity contribution in [2.45, 2.75) is 26.2 Å². The molecule has 254 valence electrons. The van der Waals surface area contributed by atoms with Crippen LogP contribution in [0.25, 0.3) is 33.0 Å². The zero-order chi connectivity index (χ0) is 35.8. The molecular formula is C50H37NO2. The minimum absolute atomic E-state index is 0.460. The predicted octanol–water partition coefficient (Wildman–Crippen LogP) is 13.6. The standard InChI is InChI=1S/C50H37NO2/c1-5-16-34(31(2)3)32(4)51(43-26-14-18-33-17-6-7-19-35(33)43)44-27-15-28-45-48(44)52-46-30-29-42-47(49(46)53-45)38-22-10-13-25-41(38)50(42)39-23-11-8-20-36(39)37-21-9-12-24-40(37)50/h5-30H,2H2,1,3-4H3/b16-5-,34-32+. The van der Waals surface area contributed by atoms with Crippen molar-refractivity contribution in [2.75, 3.05) is 4.90 Å². The van der Waals surface area contributed by atoms with Gasteiger partial charge in [-0.05, 0) is 101 Å². The molecule has 0 unspecified atom stereocenters.